The molecular formula is C21H23ClN2O6S. The lowest BCUT2D eigenvalue weighted by Gasteiger charge is -2.33. The van der Waals surface area contributed by atoms with Crippen LogP contribution in [0.2, 0.25) is 5.02 Å². The van der Waals surface area contributed by atoms with Gasteiger partial charge in [0, 0.05) is 31.2 Å². The maximum atomic E-state index is 12.7. The van der Waals surface area contributed by atoms with Gasteiger partial charge in [-0.2, -0.15) is 4.31 Å². The zero-order valence-corrected chi connectivity index (χ0v) is 18.3. The minimum absolute atomic E-state index is 0.0231. The number of carbonyl (C=O) groups excluding carboxylic acids is 2. The van der Waals surface area contributed by atoms with E-state index in [2.05, 4.69) is 0 Å². The first-order chi connectivity index (χ1) is 14.9. The van der Waals surface area contributed by atoms with Crippen LogP contribution in [0.3, 0.4) is 0 Å². The molecule has 1 saturated heterocycles. The van der Waals surface area contributed by atoms with Gasteiger partial charge in [-0.05, 0) is 36.4 Å². The Morgan fingerprint density at radius 3 is 2.23 bits per heavy atom. The van der Waals surface area contributed by atoms with Crippen molar-refractivity contribution in [3.05, 3.63) is 59.6 Å². The van der Waals surface area contributed by atoms with Gasteiger partial charge in [0.25, 0.3) is 5.91 Å². The average Bonchev–Trinajstić information content (AvgIpc) is 2.78. The Labute approximate surface area is 186 Å². The number of piperazine rings is 1. The molecule has 0 N–H and O–H groups in total. The van der Waals surface area contributed by atoms with Gasteiger partial charge in [-0.1, -0.05) is 29.8 Å². The summed E-state index contributed by atoms with van der Waals surface area (Å²) < 4.78 is 37.1. The van der Waals surface area contributed by atoms with Gasteiger partial charge in [-0.3, -0.25) is 9.59 Å². The van der Waals surface area contributed by atoms with Crippen molar-refractivity contribution in [3.8, 4) is 5.75 Å². The summed E-state index contributed by atoms with van der Waals surface area (Å²) in [6.07, 6.45) is 0.0231. The fraction of sp³-hybridized carbons (Fsp3) is 0.333. The SMILES string of the molecule is O=C(CCOc1ccccc1)OCC(=O)N1CCN(S(=O)(=O)c2ccc(Cl)cc2)CC1. The van der Waals surface area contributed by atoms with Crippen molar-refractivity contribution >= 4 is 33.5 Å². The monoisotopic (exact) mass is 466 g/mol. The van der Waals surface area contributed by atoms with Crippen molar-refractivity contribution in [2.45, 2.75) is 11.3 Å². The molecule has 0 spiro atoms. The lowest BCUT2D eigenvalue weighted by atomic mass is 10.3. The normalized spacial score (nSPS) is 14.8. The highest BCUT2D eigenvalue weighted by molar-refractivity contribution is 7.89. The molecule has 2 aromatic rings. The van der Waals surface area contributed by atoms with Gasteiger partial charge >= 0.3 is 5.97 Å². The molecule has 2 aromatic carbocycles. The molecule has 1 aliphatic rings. The van der Waals surface area contributed by atoms with E-state index < -0.39 is 16.0 Å². The molecule has 0 unspecified atom stereocenters. The number of hydrogen-bond acceptors (Lipinski definition) is 6. The van der Waals surface area contributed by atoms with Gasteiger partial charge in [-0.25, -0.2) is 8.42 Å². The summed E-state index contributed by atoms with van der Waals surface area (Å²) in [6.45, 7) is 0.540. The van der Waals surface area contributed by atoms with E-state index >= 15 is 0 Å². The third-order valence-electron chi connectivity index (χ3n) is 4.72. The summed E-state index contributed by atoms with van der Waals surface area (Å²) in [5.41, 5.74) is 0. The molecule has 3 rings (SSSR count). The molecule has 0 saturated carbocycles. The van der Waals surface area contributed by atoms with E-state index in [4.69, 9.17) is 21.1 Å². The highest BCUT2D eigenvalue weighted by atomic mass is 35.5. The fourth-order valence-corrected chi connectivity index (χ4v) is 4.56. The Hall–Kier alpha value is -2.62. The maximum Gasteiger partial charge on any atom is 0.309 e. The molecule has 166 valence electrons. The summed E-state index contributed by atoms with van der Waals surface area (Å²) >= 11 is 5.81. The number of ether oxygens (including phenoxy) is 2. The third kappa shape index (κ3) is 6.43. The van der Waals surface area contributed by atoms with Gasteiger partial charge in [0.1, 0.15) is 5.75 Å². The lowest BCUT2D eigenvalue weighted by molar-refractivity contribution is -0.152. The minimum Gasteiger partial charge on any atom is -0.493 e. The average molecular weight is 467 g/mol. The predicted molar refractivity (Wildman–Crippen MR) is 114 cm³/mol. The Morgan fingerprint density at radius 2 is 1.58 bits per heavy atom. The second kappa shape index (κ2) is 10.6. The van der Waals surface area contributed by atoms with Crippen molar-refractivity contribution < 1.29 is 27.5 Å². The van der Waals surface area contributed by atoms with Crippen LogP contribution in [0, 0.1) is 0 Å². The highest BCUT2D eigenvalue weighted by Crippen LogP contribution is 2.20. The summed E-state index contributed by atoms with van der Waals surface area (Å²) in [5, 5.41) is 0.454. The number of halogens is 1. The Morgan fingerprint density at radius 1 is 0.935 bits per heavy atom. The molecule has 1 amide bonds. The van der Waals surface area contributed by atoms with Crippen LogP contribution in [-0.4, -0.2) is 68.9 Å². The van der Waals surface area contributed by atoms with E-state index in [1.807, 2.05) is 18.2 Å². The van der Waals surface area contributed by atoms with E-state index in [1.54, 1.807) is 12.1 Å². The van der Waals surface area contributed by atoms with Crippen LogP contribution in [0.25, 0.3) is 0 Å². The van der Waals surface area contributed by atoms with Crippen molar-refractivity contribution in [3.63, 3.8) is 0 Å². The Bertz CT molecular complexity index is 990. The molecule has 8 nitrogen and oxygen atoms in total. The summed E-state index contributed by atoms with van der Waals surface area (Å²) in [4.78, 5) is 25.8. The van der Waals surface area contributed by atoms with Crippen LogP contribution in [0.15, 0.2) is 59.5 Å². The number of carbonyl (C=O) groups is 2. The van der Waals surface area contributed by atoms with Crippen LogP contribution in [0.1, 0.15) is 6.42 Å². The number of nitrogens with zero attached hydrogens (tertiary/aromatic N) is 2. The molecule has 1 heterocycles. The lowest BCUT2D eigenvalue weighted by Crippen LogP contribution is -2.51. The predicted octanol–water partition coefficient (Wildman–Crippen LogP) is 2.19. The van der Waals surface area contributed by atoms with E-state index in [0.717, 1.165) is 0 Å². The number of hydrogen-bond donors (Lipinski definition) is 0. The largest absolute Gasteiger partial charge is 0.493 e. The molecule has 0 bridgehead atoms. The van der Waals surface area contributed by atoms with Crippen molar-refractivity contribution in [1.29, 1.82) is 0 Å². The quantitative estimate of drug-likeness (QED) is 0.553. The van der Waals surface area contributed by atoms with Gasteiger partial charge in [0.05, 0.1) is 17.9 Å². The summed E-state index contributed by atoms with van der Waals surface area (Å²) in [7, 11) is -3.65. The summed E-state index contributed by atoms with van der Waals surface area (Å²) in [5.74, 6) is -0.244. The zero-order valence-electron chi connectivity index (χ0n) is 16.8. The van der Waals surface area contributed by atoms with Crippen molar-refractivity contribution in [2.75, 3.05) is 39.4 Å². The second-order valence-electron chi connectivity index (χ2n) is 6.81. The molecule has 10 heteroatoms. The minimum atomic E-state index is -3.65. The van der Waals surface area contributed by atoms with E-state index in [0.29, 0.717) is 10.8 Å². The second-order valence-corrected chi connectivity index (χ2v) is 9.19. The number of esters is 1. The number of amides is 1. The molecule has 31 heavy (non-hydrogen) atoms. The van der Waals surface area contributed by atoms with Gasteiger partial charge in [-0.15, -0.1) is 0 Å². The molecule has 0 atom stereocenters. The molecular weight excluding hydrogens is 444 g/mol. The zero-order chi connectivity index (χ0) is 22.3. The van der Waals surface area contributed by atoms with E-state index in [9.17, 15) is 18.0 Å². The Kier molecular flexibility index (Phi) is 7.89. The summed E-state index contributed by atoms with van der Waals surface area (Å²) in [6, 6.07) is 15.0. The first-order valence-electron chi connectivity index (χ1n) is 9.73. The number of rotatable bonds is 8. The Balaban J connectivity index is 1.39. The molecule has 0 radical (unpaired) electrons. The molecule has 1 fully saturated rings. The van der Waals surface area contributed by atoms with Gasteiger partial charge < -0.3 is 14.4 Å². The van der Waals surface area contributed by atoms with Crippen LogP contribution in [0.4, 0.5) is 0 Å². The smallest absolute Gasteiger partial charge is 0.309 e. The number of sulfonamides is 1. The van der Waals surface area contributed by atoms with Crippen LogP contribution in [-0.2, 0) is 24.3 Å². The molecule has 1 aliphatic heterocycles. The first-order valence-corrected chi connectivity index (χ1v) is 11.5. The number of benzene rings is 2. The third-order valence-corrected chi connectivity index (χ3v) is 6.88. The maximum absolute atomic E-state index is 12.7. The van der Waals surface area contributed by atoms with E-state index in [1.165, 1.54) is 33.5 Å². The van der Waals surface area contributed by atoms with Gasteiger partial charge in [0.15, 0.2) is 6.61 Å². The van der Waals surface area contributed by atoms with Crippen molar-refractivity contribution in [1.82, 2.24) is 9.21 Å². The highest BCUT2D eigenvalue weighted by Gasteiger charge is 2.30. The number of para-hydroxylation sites is 1. The van der Waals surface area contributed by atoms with Crippen LogP contribution < -0.4 is 4.74 Å². The molecule has 0 aliphatic carbocycles. The fourth-order valence-electron chi connectivity index (χ4n) is 3.01. The standard InChI is InChI=1S/C21H23ClN2O6S/c22-17-6-8-19(9-7-17)31(27,28)24-13-11-23(12-14-24)20(25)16-30-21(26)10-15-29-18-4-2-1-3-5-18/h1-9H,10-16H2. The van der Waals surface area contributed by atoms with Crippen molar-refractivity contribution in [2.24, 2.45) is 0 Å². The van der Waals surface area contributed by atoms with Gasteiger partial charge in [0.2, 0.25) is 10.0 Å². The first kappa shape index (κ1) is 23.1. The van der Waals surface area contributed by atoms with E-state index in [-0.39, 0.29) is 56.6 Å². The molecule has 0 aromatic heterocycles. The van der Waals surface area contributed by atoms with Crippen LogP contribution >= 0.6 is 11.6 Å². The topological polar surface area (TPSA) is 93.2 Å². The van der Waals surface area contributed by atoms with Crippen LogP contribution in [0.5, 0.6) is 5.75 Å².